The first-order valence-electron chi connectivity index (χ1n) is 31.2. The van der Waals surface area contributed by atoms with Crippen LogP contribution in [0.2, 0.25) is 0 Å². The standard InChI is InChI=1S/C63H92O27/c1-28-40(70)42(72)44(74)51(83-28)88-48-47(87-54-49(76)62(80,26-66)27-82-54)46(86-39(69)16-11-30-9-12-31(81-8)13-10-30)29(2)84-53(48)90-56(79)63-20-19-61(25-65)32(33(63)21-57(3,4)23-38(63)68)14-15-36-58(5)22-34(67)50(60(7,55(77)78)37(58)17-18-59(36,61)6)89-52-45(75)43(73)41(71)35(24-64)85-52/h9-14,16,28-29,33-38,40-54,64-68,70-76,80H,15,17-27H2,1-8H3,(H,77,78)/b16-11+/t28-,29+,33-,34-,35+,36+,37?,38+,40-,41+,42+,43-,44+,45+,46-,47-,48+,49-,50-,51-,52-,53-,54-,58+,59+,60-,61-,62+,63-/m0/s1. The number of carboxylic acids is 1. The van der Waals surface area contributed by atoms with Crippen molar-refractivity contribution in [3.63, 3.8) is 0 Å². The number of allylic oxidation sites excluding steroid dienone is 1. The Labute approximate surface area is 521 Å². The third-order valence-electron chi connectivity index (χ3n) is 22.8. The second-order valence-corrected chi connectivity index (χ2v) is 28.4. The molecule has 1 aromatic rings. The Morgan fingerprint density at radius 1 is 0.678 bits per heavy atom. The van der Waals surface area contributed by atoms with Crippen LogP contribution in [0.15, 0.2) is 42.0 Å². The van der Waals surface area contributed by atoms with Gasteiger partial charge < -0.3 is 119 Å². The molecule has 27 heteroatoms. The molecule has 4 saturated heterocycles. The molecule has 90 heavy (non-hydrogen) atoms. The minimum absolute atomic E-state index is 0.0251. The van der Waals surface area contributed by atoms with Crippen molar-refractivity contribution in [2.75, 3.05) is 33.5 Å². The summed E-state index contributed by atoms with van der Waals surface area (Å²) in [6, 6.07) is 6.70. The van der Waals surface area contributed by atoms with Gasteiger partial charge in [0.2, 0.25) is 6.29 Å². The quantitative estimate of drug-likeness (QED) is 0.0405. The fraction of sp³-hybridized carbons (Fsp3) is 0.794. The van der Waals surface area contributed by atoms with Crippen molar-refractivity contribution in [3.8, 4) is 5.75 Å². The van der Waals surface area contributed by atoms with Crippen LogP contribution in [0.4, 0.5) is 0 Å². The van der Waals surface area contributed by atoms with Gasteiger partial charge in [-0.2, -0.15) is 0 Å². The molecule has 4 saturated carbocycles. The van der Waals surface area contributed by atoms with Crippen LogP contribution in [0.5, 0.6) is 5.75 Å². The van der Waals surface area contributed by atoms with Crippen LogP contribution < -0.4 is 4.74 Å². The highest BCUT2D eigenvalue weighted by Crippen LogP contribution is 2.76. The molecule has 8 fully saturated rings. The number of ether oxygens (including phenoxy) is 10. The molecule has 14 N–H and O–H groups in total. The Morgan fingerprint density at radius 3 is 1.94 bits per heavy atom. The molecular formula is C63H92O27. The number of carbonyl (C=O) groups excluding carboxylic acids is 2. The van der Waals surface area contributed by atoms with Crippen molar-refractivity contribution >= 4 is 24.0 Å². The maximum Gasteiger partial charge on any atom is 0.331 e. The van der Waals surface area contributed by atoms with Gasteiger partial charge in [0.25, 0.3) is 0 Å². The first-order valence-corrected chi connectivity index (χ1v) is 31.2. The summed E-state index contributed by atoms with van der Waals surface area (Å²) >= 11 is 0. The van der Waals surface area contributed by atoms with E-state index in [2.05, 4.69) is 0 Å². The third-order valence-corrected chi connectivity index (χ3v) is 22.8. The molecule has 0 bridgehead atoms. The molecule has 0 aromatic heterocycles. The second kappa shape index (κ2) is 25.4. The number of rotatable bonds is 16. The van der Waals surface area contributed by atoms with Crippen LogP contribution in [0.1, 0.15) is 105 Å². The Morgan fingerprint density at radius 2 is 1.32 bits per heavy atom. The summed E-state index contributed by atoms with van der Waals surface area (Å²) in [5.41, 5.74) is -8.34. The maximum atomic E-state index is 16.1. The predicted molar refractivity (Wildman–Crippen MR) is 306 cm³/mol. The van der Waals surface area contributed by atoms with Crippen LogP contribution >= 0.6 is 0 Å². The molecule has 1 unspecified atom stereocenters. The van der Waals surface area contributed by atoms with E-state index in [4.69, 9.17) is 47.4 Å². The summed E-state index contributed by atoms with van der Waals surface area (Å²) < 4.78 is 60.7. The normalized spacial score (nSPS) is 49.1. The number of hydrogen-bond donors (Lipinski definition) is 14. The van der Waals surface area contributed by atoms with Crippen LogP contribution in [0.3, 0.4) is 0 Å². The van der Waals surface area contributed by atoms with E-state index in [1.54, 1.807) is 24.3 Å². The van der Waals surface area contributed by atoms with Crippen molar-refractivity contribution in [2.24, 2.45) is 50.2 Å². The second-order valence-electron chi connectivity index (χ2n) is 28.4. The highest BCUT2D eigenvalue weighted by molar-refractivity contribution is 5.87. The summed E-state index contributed by atoms with van der Waals surface area (Å²) in [5.74, 6) is -4.74. The third kappa shape index (κ3) is 11.3. The van der Waals surface area contributed by atoms with Crippen molar-refractivity contribution in [3.05, 3.63) is 47.6 Å². The number of fused-ring (bicyclic) bond motifs is 7. The van der Waals surface area contributed by atoms with E-state index in [1.165, 1.54) is 34.0 Å². The van der Waals surface area contributed by atoms with Gasteiger partial charge in [0, 0.05) is 11.5 Å². The average molecular weight is 1280 g/mol. The minimum atomic E-state index is -2.25. The first-order chi connectivity index (χ1) is 42.3. The summed E-state index contributed by atoms with van der Waals surface area (Å²) in [4.78, 5) is 43.9. The summed E-state index contributed by atoms with van der Waals surface area (Å²) in [7, 11) is 1.50. The van der Waals surface area contributed by atoms with Gasteiger partial charge in [-0.3, -0.25) is 9.59 Å². The highest BCUT2D eigenvalue weighted by atomic mass is 16.8. The number of hydrogen-bond acceptors (Lipinski definition) is 26. The summed E-state index contributed by atoms with van der Waals surface area (Å²) in [6.45, 7) is 9.34. The molecule has 0 radical (unpaired) electrons. The lowest BCUT2D eigenvalue weighted by atomic mass is 9.33. The van der Waals surface area contributed by atoms with Gasteiger partial charge in [0.05, 0.1) is 63.4 Å². The summed E-state index contributed by atoms with van der Waals surface area (Å²) in [6.07, 6.45) is -28.2. The van der Waals surface area contributed by atoms with E-state index >= 15 is 4.79 Å². The predicted octanol–water partition coefficient (Wildman–Crippen LogP) is -1.09. The molecule has 5 aliphatic carbocycles. The number of carboxylic acid groups (broad SMARTS) is 1. The lowest BCUT2D eigenvalue weighted by Crippen LogP contribution is -2.71. The fourth-order valence-corrected chi connectivity index (χ4v) is 17.7. The van der Waals surface area contributed by atoms with E-state index in [-0.39, 0.29) is 44.9 Å². The number of aliphatic hydroxyl groups is 13. The van der Waals surface area contributed by atoms with Crippen LogP contribution in [0.25, 0.3) is 6.08 Å². The number of methoxy groups -OCH3 is 1. The van der Waals surface area contributed by atoms with Crippen molar-refractivity contribution in [1.82, 2.24) is 0 Å². The highest BCUT2D eigenvalue weighted by Gasteiger charge is 2.75. The van der Waals surface area contributed by atoms with Gasteiger partial charge >= 0.3 is 17.9 Å². The zero-order valence-corrected chi connectivity index (χ0v) is 51.9. The van der Waals surface area contributed by atoms with E-state index in [0.717, 1.165) is 6.08 Å². The van der Waals surface area contributed by atoms with E-state index < -0.39 is 223 Å². The molecule has 4 aliphatic heterocycles. The molecule has 4 heterocycles. The number of benzene rings is 1. The lowest BCUT2D eigenvalue weighted by molar-refractivity contribution is -0.372. The largest absolute Gasteiger partial charge is 0.497 e. The van der Waals surface area contributed by atoms with Gasteiger partial charge in [0.1, 0.15) is 77.8 Å². The molecule has 9 aliphatic rings. The molecule has 1 aromatic carbocycles. The molecular weight excluding hydrogens is 1190 g/mol. The van der Waals surface area contributed by atoms with Gasteiger partial charge in [-0.1, -0.05) is 51.5 Å². The minimum Gasteiger partial charge on any atom is -0.497 e. The van der Waals surface area contributed by atoms with Gasteiger partial charge in [0.15, 0.2) is 31.1 Å². The molecule has 10 rings (SSSR count). The average Bonchev–Trinajstić information content (AvgIpc) is 0.721. The Kier molecular flexibility index (Phi) is 19.4. The zero-order chi connectivity index (χ0) is 65.7. The smallest absolute Gasteiger partial charge is 0.331 e. The number of carbonyl (C=O) groups is 3. The lowest BCUT2D eigenvalue weighted by Gasteiger charge is -2.71. The topological polar surface area (TPSA) is 427 Å². The number of aliphatic carboxylic acids is 1. The van der Waals surface area contributed by atoms with Crippen LogP contribution in [-0.4, -0.2) is 251 Å². The van der Waals surface area contributed by atoms with E-state index in [0.29, 0.717) is 23.3 Å². The monoisotopic (exact) mass is 1280 g/mol. The number of esters is 2. The Balaban J connectivity index is 1.00. The molecule has 29 atom stereocenters. The van der Waals surface area contributed by atoms with Crippen LogP contribution in [0, 0.1) is 50.2 Å². The van der Waals surface area contributed by atoms with Crippen molar-refractivity contribution in [1.29, 1.82) is 0 Å². The Hall–Kier alpha value is -3.89. The molecule has 0 spiro atoms. The van der Waals surface area contributed by atoms with Gasteiger partial charge in [-0.25, -0.2) is 4.79 Å². The van der Waals surface area contributed by atoms with Gasteiger partial charge in [-0.05, 0) is 130 Å². The summed E-state index contributed by atoms with van der Waals surface area (Å²) in [5, 5.41) is 157. The van der Waals surface area contributed by atoms with Crippen molar-refractivity contribution in [2.45, 2.75) is 228 Å². The molecule has 506 valence electrons. The Bertz CT molecular complexity index is 2820. The van der Waals surface area contributed by atoms with Gasteiger partial charge in [-0.15, -0.1) is 0 Å². The van der Waals surface area contributed by atoms with Crippen molar-refractivity contribution < 1.29 is 133 Å². The fourth-order valence-electron chi connectivity index (χ4n) is 17.7. The first kappa shape index (κ1) is 69.0. The number of aliphatic hydroxyl groups excluding tert-OH is 12. The maximum absolute atomic E-state index is 16.1. The van der Waals surface area contributed by atoms with Crippen LogP contribution in [-0.2, 0) is 57.0 Å². The van der Waals surface area contributed by atoms with E-state index in [9.17, 15) is 81.1 Å². The van der Waals surface area contributed by atoms with E-state index in [1.807, 2.05) is 33.8 Å². The molecule has 27 nitrogen and oxygen atoms in total. The molecule has 0 amide bonds. The SMILES string of the molecule is COc1ccc(/C=C/C(=O)O[C@@H]2[C@H](O[C@@H]3OC[C@](O)(CO)[C@H]3O)[C@@H](O[C@@H]3O[C@@H](C)[C@H](O)[C@@H](O)[C@H]3O)[C@H](OC(=O)[C@@]34CC[C@]5(CO)C(=CC[C@@H]6[C@@]7(C)C[C@H](O)[C@H](O[C@@H]8O[C@H](CO)[C@@H](O)[C@H](O)[C@H]8O)[C@@](C)(C(=O)O)C7CC[C@]65C)[C@@H]3CC(C)(C)C[C@H]4O)O[C@@H]2C)cc1. The zero-order valence-electron chi connectivity index (χ0n) is 51.9.